The van der Waals surface area contributed by atoms with E-state index in [1.807, 2.05) is 13.0 Å². The predicted molar refractivity (Wildman–Crippen MR) is 62.8 cm³/mol. The lowest BCUT2D eigenvalue weighted by Gasteiger charge is -2.17. The highest BCUT2D eigenvalue weighted by molar-refractivity contribution is 6.21. The molecule has 0 spiro atoms. The Morgan fingerprint density at radius 3 is 2.53 bits per heavy atom. The zero-order chi connectivity index (χ0) is 12.6. The van der Waals surface area contributed by atoms with Crippen LogP contribution >= 0.6 is 0 Å². The summed E-state index contributed by atoms with van der Waals surface area (Å²) in [5, 5.41) is 8.98. The lowest BCUT2D eigenvalue weighted by molar-refractivity contribution is 0.0614. The average Bonchev–Trinajstić information content (AvgIpc) is 2.54. The van der Waals surface area contributed by atoms with E-state index >= 15 is 0 Å². The minimum absolute atomic E-state index is 0.0353. The number of nitrogens with zero attached hydrogens (tertiary/aromatic N) is 1. The van der Waals surface area contributed by atoms with Gasteiger partial charge >= 0.3 is 0 Å². The van der Waals surface area contributed by atoms with Crippen LogP contribution in [-0.2, 0) is 0 Å². The van der Waals surface area contributed by atoms with Crippen LogP contribution in [0.3, 0.4) is 0 Å². The van der Waals surface area contributed by atoms with Gasteiger partial charge in [0.15, 0.2) is 0 Å². The van der Waals surface area contributed by atoms with Crippen molar-refractivity contribution in [3.8, 4) is 0 Å². The van der Waals surface area contributed by atoms with Crippen LogP contribution in [0.4, 0.5) is 0 Å². The Kier molecular flexibility index (Phi) is 2.98. The van der Waals surface area contributed by atoms with Crippen LogP contribution in [0.25, 0.3) is 0 Å². The first kappa shape index (κ1) is 11.8. The van der Waals surface area contributed by atoms with Crippen molar-refractivity contribution in [3.05, 3.63) is 34.9 Å². The van der Waals surface area contributed by atoms with E-state index in [0.717, 1.165) is 5.56 Å². The molecule has 1 aromatic rings. The number of hydrogen-bond acceptors (Lipinski definition) is 3. The summed E-state index contributed by atoms with van der Waals surface area (Å²) in [6, 6.07) is 5.25. The quantitative estimate of drug-likeness (QED) is 0.798. The van der Waals surface area contributed by atoms with Gasteiger partial charge in [0.05, 0.1) is 11.1 Å². The van der Waals surface area contributed by atoms with Crippen LogP contribution in [0.1, 0.15) is 33.2 Å². The van der Waals surface area contributed by atoms with Gasteiger partial charge in [0, 0.05) is 13.2 Å². The maximum absolute atomic E-state index is 12.0. The topological polar surface area (TPSA) is 57.6 Å². The molecule has 0 aliphatic carbocycles. The molecule has 2 amide bonds. The molecular weight excluding hydrogens is 218 g/mol. The first-order chi connectivity index (χ1) is 8.04. The third-order valence-electron chi connectivity index (χ3n) is 2.93. The maximum Gasteiger partial charge on any atom is 0.261 e. The van der Waals surface area contributed by atoms with E-state index in [1.165, 1.54) is 4.90 Å². The molecule has 2 rings (SSSR count). The van der Waals surface area contributed by atoms with Gasteiger partial charge in [0.1, 0.15) is 0 Å². The van der Waals surface area contributed by atoms with Gasteiger partial charge in [-0.2, -0.15) is 0 Å². The fraction of sp³-hybridized carbons (Fsp3) is 0.385. The zero-order valence-corrected chi connectivity index (χ0v) is 9.93. The number of aryl methyl sites for hydroxylation is 1. The summed E-state index contributed by atoms with van der Waals surface area (Å²) in [5.41, 5.74) is 1.90. The Labute approximate surface area is 99.9 Å². The molecule has 1 heterocycles. The van der Waals surface area contributed by atoms with Crippen molar-refractivity contribution in [1.29, 1.82) is 0 Å². The molecule has 0 bridgehead atoms. The van der Waals surface area contributed by atoms with Crippen LogP contribution in [0.15, 0.2) is 18.2 Å². The van der Waals surface area contributed by atoms with Gasteiger partial charge in [0.2, 0.25) is 0 Å². The molecule has 90 valence electrons. The van der Waals surface area contributed by atoms with Gasteiger partial charge in [-0.15, -0.1) is 0 Å². The van der Waals surface area contributed by atoms with Crippen molar-refractivity contribution in [3.63, 3.8) is 0 Å². The Morgan fingerprint density at radius 2 is 1.88 bits per heavy atom. The van der Waals surface area contributed by atoms with Gasteiger partial charge in [-0.3, -0.25) is 14.5 Å². The third kappa shape index (κ3) is 1.96. The van der Waals surface area contributed by atoms with Gasteiger partial charge in [0.25, 0.3) is 11.8 Å². The molecule has 0 aromatic heterocycles. The Morgan fingerprint density at radius 1 is 1.24 bits per heavy atom. The number of aliphatic hydroxyl groups is 1. The summed E-state index contributed by atoms with van der Waals surface area (Å²) in [6.07, 6.45) is 0. The average molecular weight is 233 g/mol. The molecule has 4 nitrogen and oxygen atoms in total. The molecule has 1 aliphatic heterocycles. The standard InChI is InChI=1S/C13H15NO3/c1-8-3-4-10-11(5-8)13(17)14(12(10)16)6-9(2)7-15/h3-5,9,15H,6-7H2,1-2H3. The molecule has 1 aliphatic rings. The smallest absolute Gasteiger partial charge is 0.261 e. The lowest BCUT2D eigenvalue weighted by Crippen LogP contribution is -2.34. The van der Waals surface area contributed by atoms with E-state index < -0.39 is 0 Å². The molecule has 1 atom stereocenters. The monoisotopic (exact) mass is 233 g/mol. The summed E-state index contributed by atoms with van der Waals surface area (Å²) in [7, 11) is 0. The summed E-state index contributed by atoms with van der Waals surface area (Å²) in [6.45, 7) is 3.92. The molecule has 0 radical (unpaired) electrons. The number of hydrogen-bond donors (Lipinski definition) is 1. The molecule has 1 N–H and O–H groups in total. The summed E-state index contributed by atoms with van der Waals surface area (Å²) >= 11 is 0. The number of fused-ring (bicyclic) bond motifs is 1. The minimum atomic E-state index is -0.259. The third-order valence-corrected chi connectivity index (χ3v) is 2.93. The van der Waals surface area contributed by atoms with E-state index in [2.05, 4.69) is 0 Å². The minimum Gasteiger partial charge on any atom is -0.396 e. The van der Waals surface area contributed by atoms with Crippen molar-refractivity contribution < 1.29 is 14.7 Å². The summed E-state index contributed by atoms with van der Waals surface area (Å²) in [4.78, 5) is 25.2. The molecule has 17 heavy (non-hydrogen) atoms. The van der Waals surface area contributed by atoms with E-state index in [1.54, 1.807) is 19.1 Å². The SMILES string of the molecule is Cc1ccc2c(c1)C(=O)N(CC(C)CO)C2=O. The van der Waals surface area contributed by atoms with Crippen molar-refractivity contribution in [1.82, 2.24) is 4.90 Å². The molecule has 0 fully saturated rings. The normalized spacial score (nSPS) is 16.3. The first-order valence-corrected chi connectivity index (χ1v) is 5.62. The fourth-order valence-electron chi connectivity index (χ4n) is 1.94. The molecule has 4 heteroatoms. The van der Waals surface area contributed by atoms with E-state index in [9.17, 15) is 9.59 Å². The number of rotatable bonds is 3. The highest BCUT2D eigenvalue weighted by Crippen LogP contribution is 2.24. The highest BCUT2D eigenvalue weighted by atomic mass is 16.3. The second kappa shape index (κ2) is 4.30. The molecule has 0 saturated carbocycles. The molecular formula is C13H15NO3. The van der Waals surface area contributed by atoms with Crippen molar-refractivity contribution in [2.75, 3.05) is 13.2 Å². The first-order valence-electron chi connectivity index (χ1n) is 5.62. The van der Waals surface area contributed by atoms with Crippen LogP contribution in [-0.4, -0.2) is 35.0 Å². The number of carbonyl (C=O) groups is 2. The molecule has 0 saturated heterocycles. The van der Waals surface area contributed by atoms with Gasteiger partial charge < -0.3 is 5.11 Å². The van der Waals surface area contributed by atoms with E-state index in [-0.39, 0.29) is 30.9 Å². The van der Waals surface area contributed by atoms with Gasteiger partial charge in [-0.25, -0.2) is 0 Å². The van der Waals surface area contributed by atoms with Crippen LogP contribution < -0.4 is 0 Å². The maximum atomic E-state index is 12.0. The van der Waals surface area contributed by atoms with Crippen molar-refractivity contribution >= 4 is 11.8 Å². The zero-order valence-electron chi connectivity index (χ0n) is 9.93. The Balaban J connectivity index is 2.32. The number of benzene rings is 1. The molecule has 1 unspecified atom stereocenters. The Bertz CT molecular complexity index is 482. The number of aliphatic hydroxyl groups excluding tert-OH is 1. The van der Waals surface area contributed by atoms with E-state index in [4.69, 9.17) is 5.11 Å². The van der Waals surface area contributed by atoms with Gasteiger partial charge in [-0.05, 0) is 25.0 Å². The second-order valence-electron chi connectivity index (χ2n) is 4.56. The second-order valence-corrected chi connectivity index (χ2v) is 4.56. The number of imide groups is 1. The van der Waals surface area contributed by atoms with Crippen molar-refractivity contribution in [2.45, 2.75) is 13.8 Å². The van der Waals surface area contributed by atoms with E-state index in [0.29, 0.717) is 11.1 Å². The highest BCUT2D eigenvalue weighted by Gasteiger charge is 2.35. The van der Waals surface area contributed by atoms with Crippen LogP contribution in [0.5, 0.6) is 0 Å². The summed E-state index contributed by atoms with van der Waals surface area (Å²) in [5.74, 6) is -0.613. The largest absolute Gasteiger partial charge is 0.396 e. The van der Waals surface area contributed by atoms with Gasteiger partial charge in [-0.1, -0.05) is 18.6 Å². The van der Waals surface area contributed by atoms with Crippen LogP contribution in [0.2, 0.25) is 0 Å². The Hall–Kier alpha value is -1.68. The molecule has 1 aromatic carbocycles. The van der Waals surface area contributed by atoms with Crippen LogP contribution in [0, 0.1) is 12.8 Å². The number of amides is 2. The van der Waals surface area contributed by atoms with Crippen molar-refractivity contribution in [2.24, 2.45) is 5.92 Å². The number of carbonyl (C=O) groups excluding carboxylic acids is 2. The summed E-state index contributed by atoms with van der Waals surface area (Å²) < 4.78 is 0. The fourth-order valence-corrected chi connectivity index (χ4v) is 1.94. The predicted octanol–water partition coefficient (Wildman–Crippen LogP) is 1.22. The lowest BCUT2D eigenvalue weighted by atomic mass is 10.1.